The van der Waals surface area contributed by atoms with Crippen molar-refractivity contribution in [2.75, 3.05) is 39.6 Å². The minimum absolute atomic E-state index is 0.106. The van der Waals surface area contributed by atoms with Gasteiger partial charge in [-0.25, -0.2) is 9.13 Å². The Morgan fingerprint density at radius 2 is 0.531 bits per heavy atom. The number of hydrogen-bond acceptors (Lipinski definition) is 15. The van der Waals surface area contributed by atoms with Crippen molar-refractivity contribution in [2.24, 2.45) is 17.8 Å². The Morgan fingerprint density at radius 3 is 0.792 bits per heavy atom. The van der Waals surface area contributed by atoms with Gasteiger partial charge in [0, 0.05) is 25.7 Å². The van der Waals surface area contributed by atoms with Crippen LogP contribution in [0.5, 0.6) is 0 Å². The van der Waals surface area contributed by atoms with Crippen LogP contribution in [-0.4, -0.2) is 96.7 Å². The molecule has 0 aliphatic rings. The molecular weight excluding hydrogens is 1260 g/mol. The lowest BCUT2D eigenvalue weighted by Crippen LogP contribution is -2.30. The van der Waals surface area contributed by atoms with Crippen LogP contribution in [0.3, 0.4) is 0 Å². The molecule has 0 radical (unpaired) electrons. The predicted octanol–water partition coefficient (Wildman–Crippen LogP) is 22.6. The van der Waals surface area contributed by atoms with E-state index in [1.807, 2.05) is 0 Å². The van der Waals surface area contributed by atoms with E-state index in [0.717, 1.165) is 108 Å². The summed E-state index contributed by atoms with van der Waals surface area (Å²) in [6, 6.07) is 0. The molecule has 3 N–H and O–H groups in total. The molecule has 3 unspecified atom stereocenters. The van der Waals surface area contributed by atoms with Gasteiger partial charge in [0.1, 0.15) is 19.3 Å². The van der Waals surface area contributed by atoms with E-state index in [4.69, 9.17) is 37.0 Å². The number of rotatable bonds is 75. The van der Waals surface area contributed by atoms with Crippen LogP contribution in [0.15, 0.2) is 0 Å². The fraction of sp³-hybridized carbons (Fsp3) is 0.948. The highest BCUT2D eigenvalue weighted by molar-refractivity contribution is 7.47. The van der Waals surface area contributed by atoms with Gasteiger partial charge in [0.05, 0.1) is 26.4 Å². The largest absolute Gasteiger partial charge is 0.472 e. The lowest BCUT2D eigenvalue weighted by atomic mass is 9.99. The summed E-state index contributed by atoms with van der Waals surface area (Å²) in [5.41, 5.74) is 0. The van der Waals surface area contributed by atoms with Crippen LogP contribution in [-0.2, 0) is 65.4 Å². The van der Waals surface area contributed by atoms with Crippen molar-refractivity contribution in [2.45, 2.75) is 414 Å². The minimum atomic E-state index is -4.96. The first-order valence-electron chi connectivity index (χ1n) is 39.9. The van der Waals surface area contributed by atoms with E-state index < -0.39 is 97.5 Å². The highest BCUT2D eigenvalue weighted by atomic mass is 31.2. The quantitative estimate of drug-likeness (QED) is 0.0222. The fourth-order valence-corrected chi connectivity index (χ4v) is 13.3. The lowest BCUT2D eigenvalue weighted by molar-refractivity contribution is -0.161. The van der Waals surface area contributed by atoms with Crippen molar-refractivity contribution in [3.8, 4) is 0 Å². The number of ether oxygens (including phenoxy) is 4. The van der Waals surface area contributed by atoms with Crippen molar-refractivity contribution in [3.05, 3.63) is 0 Å². The van der Waals surface area contributed by atoms with Gasteiger partial charge in [0.15, 0.2) is 12.2 Å². The van der Waals surface area contributed by atoms with Crippen LogP contribution < -0.4 is 0 Å². The summed E-state index contributed by atoms with van der Waals surface area (Å²) in [6.45, 7) is 12.0. The molecule has 0 spiro atoms. The molecule has 19 heteroatoms. The van der Waals surface area contributed by atoms with Gasteiger partial charge in [-0.05, 0) is 43.4 Å². The Hall–Kier alpha value is -1.94. The van der Waals surface area contributed by atoms with Gasteiger partial charge in [-0.1, -0.05) is 344 Å². The minimum Gasteiger partial charge on any atom is -0.462 e. The Bertz CT molecular complexity index is 1870. The summed E-state index contributed by atoms with van der Waals surface area (Å²) >= 11 is 0. The normalized spacial score (nSPS) is 14.3. The van der Waals surface area contributed by atoms with Crippen LogP contribution in [0.25, 0.3) is 0 Å². The maximum atomic E-state index is 13.1. The summed E-state index contributed by atoms with van der Waals surface area (Å²) in [5, 5.41) is 10.6. The summed E-state index contributed by atoms with van der Waals surface area (Å²) in [5.74, 6) is 0.247. The first-order chi connectivity index (χ1) is 46.3. The van der Waals surface area contributed by atoms with Gasteiger partial charge in [-0.15, -0.1) is 0 Å². The monoisotopic (exact) mass is 1410 g/mol. The lowest BCUT2D eigenvalue weighted by Gasteiger charge is -2.21. The second-order valence-corrected chi connectivity index (χ2v) is 31.8. The molecule has 0 heterocycles. The summed E-state index contributed by atoms with van der Waals surface area (Å²) in [6.07, 6.45) is 53.8. The molecule has 0 aromatic heterocycles. The Balaban J connectivity index is 5.28. The molecule has 0 aliphatic carbocycles. The highest BCUT2D eigenvalue weighted by Crippen LogP contribution is 2.45. The van der Waals surface area contributed by atoms with Gasteiger partial charge in [0.25, 0.3) is 0 Å². The third-order valence-corrected chi connectivity index (χ3v) is 20.1. The summed E-state index contributed by atoms with van der Waals surface area (Å²) in [7, 11) is -9.92. The third kappa shape index (κ3) is 69.2. The van der Waals surface area contributed by atoms with E-state index in [9.17, 15) is 43.2 Å². The van der Waals surface area contributed by atoms with Crippen molar-refractivity contribution >= 4 is 39.5 Å². The summed E-state index contributed by atoms with van der Waals surface area (Å²) in [4.78, 5) is 72.9. The zero-order valence-electron chi connectivity index (χ0n) is 62.8. The van der Waals surface area contributed by atoms with E-state index in [1.54, 1.807) is 0 Å². The molecule has 0 aromatic carbocycles. The molecular formula is C77H150O17P2. The number of esters is 4. The molecule has 0 amide bonds. The second kappa shape index (κ2) is 67.5. The average Bonchev–Trinajstić information content (AvgIpc) is 1.48. The molecule has 570 valence electrons. The number of unbranched alkanes of at least 4 members (excludes halogenated alkanes) is 42. The van der Waals surface area contributed by atoms with E-state index in [1.165, 1.54) is 205 Å². The first kappa shape index (κ1) is 94.1. The highest BCUT2D eigenvalue weighted by Gasteiger charge is 2.30. The molecule has 0 rings (SSSR count). The molecule has 0 saturated heterocycles. The zero-order chi connectivity index (χ0) is 70.9. The van der Waals surface area contributed by atoms with E-state index in [2.05, 4.69) is 48.5 Å². The number of aliphatic hydroxyl groups excluding tert-OH is 1. The number of hydrogen-bond donors (Lipinski definition) is 3. The van der Waals surface area contributed by atoms with Gasteiger partial charge >= 0.3 is 39.5 Å². The zero-order valence-corrected chi connectivity index (χ0v) is 64.6. The van der Waals surface area contributed by atoms with E-state index in [-0.39, 0.29) is 25.7 Å². The molecule has 0 saturated carbocycles. The Labute approximate surface area is 588 Å². The van der Waals surface area contributed by atoms with Crippen LogP contribution in [0, 0.1) is 17.8 Å². The van der Waals surface area contributed by atoms with Crippen molar-refractivity contribution in [1.29, 1.82) is 0 Å². The Morgan fingerprint density at radius 1 is 0.302 bits per heavy atom. The molecule has 17 nitrogen and oxygen atoms in total. The fourth-order valence-electron chi connectivity index (χ4n) is 11.7. The van der Waals surface area contributed by atoms with Gasteiger partial charge in [-0.2, -0.15) is 0 Å². The van der Waals surface area contributed by atoms with Crippen molar-refractivity contribution < 1.29 is 80.2 Å². The van der Waals surface area contributed by atoms with Gasteiger partial charge in [0.2, 0.25) is 0 Å². The first-order valence-corrected chi connectivity index (χ1v) is 42.9. The second-order valence-electron chi connectivity index (χ2n) is 28.9. The number of carbonyl (C=O) groups is 4. The summed E-state index contributed by atoms with van der Waals surface area (Å²) < 4.78 is 68.6. The number of aliphatic hydroxyl groups is 1. The van der Waals surface area contributed by atoms with Gasteiger partial charge < -0.3 is 33.8 Å². The molecule has 0 fully saturated rings. The number of phosphoric acid groups is 2. The van der Waals surface area contributed by atoms with Gasteiger partial charge in [-0.3, -0.25) is 37.3 Å². The average molecular weight is 1410 g/mol. The third-order valence-electron chi connectivity index (χ3n) is 18.2. The molecule has 0 bridgehead atoms. The smallest absolute Gasteiger partial charge is 0.462 e. The van der Waals surface area contributed by atoms with E-state index >= 15 is 0 Å². The number of carbonyl (C=O) groups excluding carboxylic acids is 4. The maximum absolute atomic E-state index is 13.1. The topological polar surface area (TPSA) is 237 Å². The molecule has 96 heavy (non-hydrogen) atoms. The Kier molecular flexibility index (Phi) is 66.2. The predicted molar refractivity (Wildman–Crippen MR) is 391 cm³/mol. The van der Waals surface area contributed by atoms with Crippen LogP contribution in [0.2, 0.25) is 0 Å². The molecule has 0 aliphatic heterocycles. The number of phosphoric ester groups is 2. The van der Waals surface area contributed by atoms with Crippen molar-refractivity contribution in [1.82, 2.24) is 0 Å². The van der Waals surface area contributed by atoms with Crippen LogP contribution >= 0.6 is 15.6 Å². The molecule has 6 atom stereocenters. The maximum Gasteiger partial charge on any atom is 0.472 e. The van der Waals surface area contributed by atoms with E-state index in [0.29, 0.717) is 25.7 Å². The van der Waals surface area contributed by atoms with Crippen LogP contribution in [0.1, 0.15) is 395 Å². The molecule has 0 aromatic rings. The SMILES string of the molecule is CCCCCCCCCCCCCCC(=O)OC[C@H](COP(=O)(O)OC[C@H](O)COP(=O)(O)OC[C@@H](COC(=O)CCCCCCCCCCCCCCC(C)C)OC(=O)CCCCCCCCCCCCCCC(C)C)OC(=O)CCCCCCCCCCCCC(C)CC. The standard InChI is InChI=1S/C77H150O17P2/c1-8-10-11-12-13-14-15-22-30-37-44-51-58-74(79)87-65-73(94-77(82)61-54-47-40-33-26-25-29-36-43-50-57-70(7)9-2)67-92-96(85,86)90-63-71(78)62-89-95(83,84)91-66-72(93-76(81)60-53-46-39-32-24-19-17-21-28-35-42-49-56-69(5)6)64-88-75(80)59-52-45-38-31-23-18-16-20-27-34-41-48-55-68(3)4/h68-73,78H,8-67H2,1-7H3,(H,83,84)(H,85,86)/t70?,71-,72-,73-/m1/s1. The van der Waals surface area contributed by atoms with Crippen molar-refractivity contribution in [3.63, 3.8) is 0 Å². The van der Waals surface area contributed by atoms with Crippen LogP contribution in [0.4, 0.5) is 0 Å².